The summed E-state index contributed by atoms with van der Waals surface area (Å²) in [5, 5.41) is 2.79. The average Bonchev–Trinajstić information content (AvgIpc) is 2.92. The van der Waals surface area contributed by atoms with E-state index in [0.29, 0.717) is 22.5 Å². The molecule has 1 N–H and O–H groups in total. The molecule has 0 aliphatic carbocycles. The fourth-order valence-electron chi connectivity index (χ4n) is 4.48. The number of hydrogen-bond acceptors (Lipinski definition) is 4. The number of ketones is 1. The molecule has 4 aromatic carbocycles. The van der Waals surface area contributed by atoms with Crippen molar-refractivity contribution in [2.24, 2.45) is 0 Å². The molecule has 4 rings (SSSR count). The van der Waals surface area contributed by atoms with E-state index >= 15 is 0 Å². The van der Waals surface area contributed by atoms with Gasteiger partial charge in [0.15, 0.2) is 5.78 Å². The number of aryl methyl sites for hydroxylation is 3. The third-order valence-electron chi connectivity index (χ3n) is 6.95. The van der Waals surface area contributed by atoms with Crippen molar-refractivity contribution in [3.63, 3.8) is 0 Å². The van der Waals surface area contributed by atoms with Crippen LogP contribution in [0, 0.1) is 20.8 Å². The molecule has 0 unspecified atom stereocenters. The highest BCUT2D eigenvalue weighted by Gasteiger charge is 2.28. The Morgan fingerprint density at radius 2 is 1.39 bits per heavy atom. The molecular weight excluding hydrogens is 532 g/mol. The molecule has 0 bridgehead atoms. The maximum absolute atomic E-state index is 13.8. The van der Waals surface area contributed by atoms with Gasteiger partial charge in [-0.15, -0.1) is 0 Å². The number of carbonyl (C=O) groups excluding carboxylic acids is 2. The predicted octanol–water partition coefficient (Wildman–Crippen LogP) is 6.97. The lowest BCUT2D eigenvalue weighted by Crippen LogP contribution is -2.38. The average molecular weight is 569 g/mol. The summed E-state index contributed by atoms with van der Waals surface area (Å²) in [5.41, 5.74) is 5.44. The van der Waals surface area contributed by atoms with E-state index in [1.165, 1.54) is 0 Å². The molecule has 0 saturated heterocycles. The second kappa shape index (κ2) is 11.7. The van der Waals surface area contributed by atoms with E-state index in [1.807, 2.05) is 57.2 Å². The molecule has 6 nitrogen and oxygen atoms in total. The Labute approximate surface area is 243 Å². The fourth-order valence-corrected chi connectivity index (χ4v) is 5.96. The van der Waals surface area contributed by atoms with Gasteiger partial charge in [0.05, 0.1) is 10.6 Å². The van der Waals surface area contributed by atoms with Crippen molar-refractivity contribution in [2.75, 3.05) is 16.2 Å². The number of benzene rings is 4. The Morgan fingerprint density at radius 1 is 0.756 bits per heavy atom. The zero-order valence-electron chi connectivity index (χ0n) is 24.4. The third kappa shape index (κ3) is 6.92. The molecule has 0 fully saturated rings. The molecule has 1 amide bonds. The Balaban J connectivity index is 1.60. The normalized spacial score (nSPS) is 11.7. The molecule has 0 aromatic heterocycles. The van der Waals surface area contributed by atoms with Gasteiger partial charge in [-0.2, -0.15) is 0 Å². The second-order valence-corrected chi connectivity index (χ2v) is 13.3. The SMILES string of the molecule is Cc1ccc(S(=O)(=O)N(CC(=O)Nc2cccc(C(=O)c3ccc(C(C)(C)C)cc3)c2)c2cc(C)ccc2C)cc1. The van der Waals surface area contributed by atoms with Crippen LogP contribution in [0.2, 0.25) is 0 Å². The number of sulfonamides is 1. The Bertz CT molecular complexity index is 1680. The van der Waals surface area contributed by atoms with Crippen LogP contribution in [0.15, 0.2) is 95.9 Å². The van der Waals surface area contributed by atoms with Gasteiger partial charge in [0.25, 0.3) is 10.0 Å². The molecule has 41 heavy (non-hydrogen) atoms. The Hall–Kier alpha value is -4.23. The van der Waals surface area contributed by atoms with Gasteiger partial charge in [-0.1, -0.05) is 87.0 Å². The zero-order valence-corrected chi connectivity index (χ0v) is 25.2. The van der Waals surface area contributed by atoms with Gasteiger partial charge in [-0.25, -0.2) is 8.42 Å². The summed E-state index contributed by atoms with van der Waals surface area (Å²) in [5.74, 6) is -0.693. The van der Waals surface area contributed by atoms with E-state index in [1.54, 1.807) is 54.6 Å². The molecule has 7 heteroatoms. The van der Waals surface area contributed by atoms with E-state index in [-0.39, 0.29) is 16.1 Å². The minimum absolute atomic E-state index is 0.0242. The summed E-state index contributed by atoms with van der Waals surface area (Å²) in [6.07, 6.45) is 0. The van der Waals surface area contributed by atoms with Gasteiger partial charge in [-0.05, 0) is 73.2 Å². The number of nitrogens with zero attached hydrogens (tertiary/aromatic N) is 1. The highest BCUT2D eigenvalue weighted by Crippen LogP contribution is 2.28. The van der Waals surface area contributed by atoms with E-state index in [0.717, 1.165) is 26.6 Å². The van der Waals surface area contributed by atoms with E-state index < -0.39 is 22.5 Å². The maximum Gasteiger partial charge on any atom is 0.264 e. The van der Waals surface area contributed by atoms with E-state index in [4.69, 9.17) is 0 Å². The van der Waals surface area contributed by atoms with Gasteiger partial charge >= 0.3 is 0 Å². The van der Waals surface area contributed by atoms with Crippen molar-refractivity contribution in [1.82, 2.24) is 0 Å². The molecule has 212 valence electrons. The van der Waals surface area contributed by atoms with Gasteiger partial charge in [0, 0.05) is 16.8 Å². The first kappa shape index (κ1) is 29.7. The first-order valence-electron chi connectivity index (χ1n) is 13.5. The second-order valence-electron chi connectivity index (χ2n) is 11.4. The summed E-state index contributed by atoms with van der Waals surface area (Å²) in [4.78, 5) is 26.6. The standard InChI is InChI=1S/C34H36N2O4S/c1-23-11-18-30(19-12-23)41(39,40)36(31-20-24(2)10-13-25(31)3)22-32(37)35-29-9-7-8-27(21-29)33(38)26-14-16-28(17-15-26)34(4,5)6/h7-21H,22H2,1-6H3,(H,35,37). The lowest BCUT2D eigenvalue weighted by Gasteiger charge is -2.26. The lowest BCUT2D eigenvalue weighted by molar-refractivity contribution is -0.114. The zero-order chi connectivity index (χ0) is 29.9. The number of anilines is 2. The Kier molecular flexibility index (Phi) is 8.50. The van der Waals surface area contributed by atoms with Crippen molar-refractivity contribution in [3.05, 3.63) is 124 Å². The van der Waals surface area contributed by atoms with Gasteiger partial charge in [-0.3, -0.25) is 13.9 Å². The molecule has 0 saturated carbocycles. The third-order valence-corrected chi connectivity index (χ3v) is 8.73. The van der Waals surface area contributed by atoms with Gasteiger partial charge in [0.1, 0.15) is 6.54 Å². The lowest BCUT2D eigenvalue weighted by atomic mass is 9.86. The number of nitrogens with one attached hydrogen (secondary N) is 1. The largest absolute Gasteiger partial charge is 0.324 e. The number of carbonyl (C=O) groups is 2. The van der Waals surface area contributed by atoms with Crippen LogP contribution in [-0.2, 0) is 20.2 Å². The minimum atomic E-state index is -4.05. The molecule has 4 aromatic rings. The van der Waals surface area contributed by atoms with Crippen LogP contribution >= 0.6 is 0 Å². The highest BCUT2D eigenvalue weighted by atomic mass is 32.2. The molecule has 0 radical (unpaired) electrons. The minimum Gasteiger partial charge on any atom is -0.324 e. The molecule has 0 aliphatic rings. The summed E-state index contributed by atoms with van der Waals surface area (Å²) in [6.45, 7) is 11.5. The first-order chi connectivity index (χ1) is 19.3. The number of hydrogen-bond donors (Lipinski definition) is 1. The summed E-state index contributed by atoms with van der Waals surface area (Å²) >= 11 is 0. The summed E-state index contributed by atoms with van der Waals surface area (Å²) in [7, 11) is -4.05. The topological polar surface area (TPSA) is 83.6 Å². The van der Waals surface area contributed by atoms with Crippen molar-refractivity contribution >= 4 is 33.1 Å². The molecule has 0 heterocycles. The Morgan fingerprint density at radius 3 is 2.02 bits per heavy atom. The van der Waals surface area contributed by atoms with Crippen LogP contribution in [-0.4, -0.2) is 26.7 Å². The van der Waals surface area contributed by atoms with Crippen LogP contribution in [0.25, 0.3) is 0 Å². The maximum atomic E-state index is 13.8. The van der Waals surface area contributed by atoms with E-state index in [2.05, 4.69) is 26.1 Å². The first-order valence-corrected chi connectivity index (χ1v) is 14.9. The monoisotopic (exact) mass is 568 g/mol. The fraction of sp³-hybridized carbons (Fsp3) is 0.235. The smallest absolute Gasteiger partial charge is 0.264 e. The van der Waals surface area contributed by atoms with Crippen molar-refractivity contribution in [2.45, 2.75) is 51.9 Å². The molecule has 0 spiro atoms. The van der Waals surface area contributed by atoms with Crippen LogP contribution in [0.5, 0.6) is 0 Å². The molecule has 0 atom stereocenters. The molecule has 0 aliphatic heterocycles. The van der Waals surface area contributed by atoms with Gasteiger partial charge in [0.2, 0.25) is 5.91 Å². The summed E-state index contributed by atoms with van der Waals surface area (Å²) < 4.78 is 28.7. The van der Waals surface area contributed by atoms with Crippen molar-refractivity contribution in [1.29, 1.82) is 0 Å². The van der Waals surface area contributed by atoms with Crippen LogP contribution in [0.3, 0.4) is 0 Å². The van der Waals surface area contributed by atoms with Crippen LogP contribution in [0.1, 0.15) is 58.9 Å². The molecular formula is C34H36N2O4S. The van der Waals surface area contributed by atoms with Gasteiger partial charge < -0.3 is 5.32 Å². The van der Waals surface area contributed by atoms with Crippen molar-refractivity contribution in [3.8, 4) is 0 Å². The summed E-state index contributed by atoms with van der Waals surface area (Å²) in [6, 6.07) is 26.2. The van der Waals surface area contributed by atoms with Crippen molar-refractivity contribution < 1.29 is 18.0 Å². The van der Waals surface area contributed by atoms with E-state index in [9.17, 15) is 18.0 Å². The highest BCUT2D eigenvalue weighted by molar-refractivity contribution is 7.92. The van der Waals surface area contributed by atoms with Crippen LogP contribution in [0.4, 0.5) is 11.4 Å². The number of amides is 1. The number of rotatable bonds is 8. The quantitative estimate of drug-likeness (QED) is 0.233. The van der Waals surface area contributed by atoms with Crippen LogP contribution < -0.4 is 9.62 Å². The predicted molar refractivity (Wildman–Crippen MR) is 165 cm³/mol.